The number of nitrogens with two attached hydrogens (primary N) is 1. The van der Waals surface area contributed by atoms with E-state index in [1.807, 2.05) is 0 Å². The normalized spacial score (nSPS) is 12.1. The second-order valence-corrected chi connectivity index (χ2v) is 4.92. The molecule has 0 fully saturated rings. The minimum Gasteiger partial charge on any atom is -0.366 e. The summed E-state index contributed by atoms with van der Waals surface area (Å²) in [7, 11) is -3.21. The third kappa shape index (κ3) is 1.41. The topological polar surface area (TPSA) is 90.3 Å². The van der Waals surface area contributed by atoms with Gasteiger partial charge in [0.05, 0.1) is 4.90 Å². The van der Waals surface area contributed by atoms with Gasteiger partial charge in [-0.15, -0.1) is 5.10 Å². The molecule has 6 nitrogen and oxygen atoms in total. The van der Waals surface area contributed by atoms with Gasteiger partial charge in [0.1, 0.15) is 0 Å². The molecule has 0 saturated heterocycles. The van der Waals surface area contributed by atoms with Crippen molar-refractivity contribution in [3.8, 4) is 0 Å². The summed E-state index contributed by atoms with van der Waals surface area (Å²) in [5.74, 6) is 0.121. The first-order valence-corrected chi connectivity index (χ1v) is 5.68. The number of anilines is 1. The summed E-state index contributed by atoms with van der Waals surface area (Å²) >= 11 is 0. The second-order valence-electron chi connectivity index (χ2n) is 2.91. The molecule has 0 aliphatic carbocycles. The van der Waals surface area contributed by atoms with Gasteiger partial charge < -0.3 is 5.73 Å². The highest BCUT2D eigenvalue weighted by Gasteiger charge is 2.09. The highest BCUT2D eigenvalue weighted by Crippen LogP contribution is 2.11. The number of pyridine rings is 1. The zero-order valence-corrected chi connectivity index (χ0v) is 8.19. The van der Waals surface area contributed by atoms with Crippen molar-refractivity contribution < 1.29 is 8.42 Å². The van der Waals surface area contributed by atoms with Crippen molar-refractivity contribution in [1.82, 2.24) is 14.6 Å². The maximum atomic E-state index is 11.2. The van der Waals surface area contributed by atoms with E-state index in [0.717, 1.165) is 6.26 Å². The Bertz CT molecular complexity index is 587. The fraction of sp³-hybridized carbons (Fsp3) is 0.143. The molecule has 0 saturated carbocycles. The number of aromatic nitrogens is 3. The Morgan fingerprint density at radius 3 is 2.86 bits per heavy atom. The fourth-order valence-electron chi connectivity index (χ4n) is 1.11. The number of nitrogens with zero attached hydrogens (tertiary/aromatic N) is 3. The van der Waals surface area contributed by atoms with Gasteiger partial charge in [0.15, 0.2) is 15.5 Å². The van der Waals surface area contributed by atoms with E-state index in [9.17, 15) is 8.42 Å². The molecular weight excluding hydrogens is 204 g/mol. The first-order valence-electron chi connectivity index (χ1n) is 3.79. The average molecular weight is 212 g/mol. The van der Waals surface area contributed by atoms with E-state index in [0.29, 0.717) is 5.65 Å². The Labute approximate surface area is 80.3 Å². The monoisotopic (exact) mass is 212 g/mol. The summed E-state index contributed by atoms with van der Waals surface area (Å²) in [5, 5.41) is 3.82. The van der Waals surface area contributed by atoms with Crippen molar-refractivity contribution in [3.05, 3.63) is 18.3 Å². The van der Waals surface area contributed by atoms with Crippen molar-refractivity contribution in [2.75, 3.05) is 12.0 Å². The van der Waals surface area contributed by atoms with Crippen LogP contribution in [0.5, 0.6) is 0 Å². The molecule has 14 heavy (non-hydrogen) atoms. The van der Waals surface area contributed by atoms with Crippen LogP contribution in [-0.4, -0.2) is 29.3 Å². The molecule has 0 bridgehead atoms. The van der Waals surface area contributed by atoms with Crippen LogP contribution in [0, 0.1) is 0 Å². The van der Waals surface area contributed by atoms with Gasteiger partial charge in [-0.3, -0.25) is 0 Å². The van der Waals surface area contributed by atoms with Crippen LogP contribution in [0.15, 0.2) is 23.2 Å². The van der Waals surface area contributed by atoms with Crippen molar-refractivity contribution in [3.63, 3.8) is 0 Å². The van der Waals surface area contributed by atoms with Crippen LogP contribution in [0.1, 0.15) is 0 Å². The Balaban J connectivity index is 2.74. The number of fused-ring (bicyclic) bond motifs is 1. The molecule has 74 valence electrons. The van der Waals surface area contributed by atoms with Crippen molar-refractivity contribution in [2.45, 2.75) is 4.90 Å². The summed E-state index contributed by atoms with van der Waals surface area (Å²) in [5.41, 5.74) is 5.78. The lowest BCUT2D eigenvalue weighted by molar-refractivity contribution is 0.601. The number of rotatable bonds is 1. The molecule has 0 spiro atoms. The second kappa shape index (κ2) is 2.68. The zero-order chi connectivity index (χ0) is 10.3. The Hall–Kier alpha value is -1.63. The maximum Gasteiger partial charge on any atom is 0.240 e. The van der Waals surface area contributed by atoms with Crippen LogP contribution >= 0.6 is 0 Å². The summed E-state index contributed by atoms with van der Waals surface area (Å²) in [6, 6.07) is 2.88. The highest BCUT2D eigenvalue weighted by molar-refractivity contribution is 7.90. The maximum absolute atomic E-state index is 11.2. The van der Waals surface area contributed by atoms with Crippen LogP contribution in [0.25, 0.3) is 5.65 Å². The van der Waals surface area contributed by atoms with Crippen LogP contribution in [-0.2, 0) is 9.84 Å². The van der Waals surface area contributed by atoms with Crippen LogP contribution in [0.3, 0.4) is 0 Å². The lowest BCUT2D eigenvalue weighted by atomic mass is 10.5. The standard InChI is InChI=1S/C7H8N4O2S/c1-14(12,13)5-2-3-11-6(4-5)9-7(8)10-11/h2-4H,1H3,(H2,8,10). The summed E-state index contributed by atoms with van der Waals surface area (Å²) in [4.78, 5) is 4.06. The van der Waals surface area contributed by atoms with Gasteiger partial charge in [-0.2, -0.15) is 4.98 Å². The molecule has 2 aromatic heterocycles. The number of sulfone groups is 1. The van der Waals surface area contributed by atoms with Crippen molar-refractivity contribution in [2.24, 2.45) is 0 Å². The molecule has 2 rings (SSSR count). The molecule has 0 aromatic carbocycles. The van der Waals surface area contributed by atoms with E-state index >= 15 is 0 Å². The molecule has 0 amide bonds. The molecule has 0 aliphatic heterocycles. The quantitative estimate of drug-likeness (QED) is 0.701. The summed E-state index contributed by atoms with van der Waals surface area (Å²) < 4.78 is 23.8. The largest absolute Gasteiger partial charge is 0.366 e. The first-order chi connectivity index (χ1) is 6.47. The van der Waals surface area contributed by atoms with Gasteiger partial charge >= 0.3 is 0 Å². The molecule has 2 N–H and O–H groups in total. The SMILES string of the molecule is CS(=O)(=O)c1ccn2nc(N)nc2c1. The molecule has 7 heteroatoms. The average Bonchev–Trinajstić information content (AvgIpc) is 2.41. The van der Waals surface area contributed by atoms with Crippen molar-refractivity contribution in [1.29, 1.82) is 0 Å². The van der Waals surface area contributed by atoms with E-state index < -0.39 is 9.84 Å². The predicted octanol–water partition coefficient (Wildman–Crippen LogP) is -0.285. The number of nitrogen functional groups attached to an aromatic ring is 1. The summed E-state index contributed by atoms with van der Waals surface area (Å²) in [6.45, 7) is 0. The molecule has 2 heterocycles. The predicted molar refractivity (Wildman–Crippen MR) is 50.5 cm³/mol. The van der Waals surface area contributed by atoms with Crippen molar-refractivity contribution >= 4 is 21.4 Å². The lowest BCUT2D eigenvalue weighted by Crippen LogP contribution is -1.98. The van der Waals surface area contributed by atoms with Gasteiger partial charge in [0.2, 0.25) is 5.95 Å². The number of hydrogen-bond donors (Lipinski definition) is 1. The van der Waals surface area contributed by atoms with E-state index in [4.69, 9.17) is 5.73 Å². The van der Waals surface area contributed by atoms with E-state index in [-0.39, 0.29) is 10.8 Å². The zero-order valence-electron chi connectivity index (χ0n) is 7.38. The minimum absolute atomic E-state index is 0.121. The molecule has 0 aliphatic rings. The van der Waals surface area contributed by atoms with Gasteiger partial charge in [-0.05, 0) is 6.07 Å². The van der Waals surface area contributed by atoms with E-state index in [1.54, 1.807) is 0 Å². The third-order valence-corrected chi connectivity index (χ3v) is 2.86. The molecular formula is C7H8N4O2S. The lowest BCUT2D eigenvalue weighted by Gasteiger charge is -1.96. The van der Waals surface area contributed by atoms with Gasteiger partial charge in [-0.1, -0.05) is 0 Å². The van der Waals surface area contributed by atoms with Crippen LogP contribution < -0.4 is 5.73 Å². The van der Waals surface area contributed by atoms with Crippen LogP contribution in [0.2, 0.25) is 0 Å². The third-order valence-electron chi connectivity index (χ3n) is 1.75. The van der Waals surface area contributed by atoms with Gasteiger partial charge in [0, 0.05) is 18.5 Å². The van der Waals surface area contributed by atoms with E-state index in [2.05, 4.69) is 10.1 Å². The Morgan fingerprint density at radius 2 is 2.21 bits per heavy atom. The van der Waals surface area contributed by atoms with Crippen LogP contribution in [0.4, 0.5) is 5.95 Å². The Kier molecular flexibility index (Phi) is 1.71. The smallest absolute Gasteiger partial charge is 0.240 e. The first kappa shape index (κ1) is 8.95. The van der Waals surface area contributed by atoms with Gasteiger partial charge in [-0.25, -0.2) is 12.9 Å². The minimum atomic E-state index is -3.21. The Morgan fingerprint density at radius 1 is 1.50 bits per heavy atom. The molecule has 2 aromatic rings. The highest BCUT2D eigenvalue weighted by atomic mass is 32.2. The molecule has 0 unspecified atom stereocenters. The molecule has 0 radical (unpaired) electrons. The van der Waals surface area contributed by atoms with E-state index in [1.165, 1.54) is 22.8 Å². The number of hydrogen-bond acceptors (Lipinski definition) is 5. The van der Waals surface area contributed by atoms with Gasteiger partial charge in [0.25, 0.3) is 0 Å². The summed E-state index contributed by atoms with van der Waals surface area (Å²) in [6.07, 6.45) is 2.65. The fourth-order valence-corrected chi connectivity index (χ4v) is 1.74. The molecule has 0 atom stereocenters.